The fourth-order valence-electron chi connectivity index (χ4n) is 4.58. The second-order valence-corrected chi connectivity index (χ2v) is 12.7. The summed E-state index contributed by atoms with van der Waals surface area (Å²) in [6.45, 7) is -1.81. The molecule has 2 fully saturated rings. The zero-order valence-corrected chi connectivity index (χ0v) is 23.9. The normalized spacial score (nSPS) is 31.6. The number of carbonyl (C=O) groups excluding carboxylic acids is 1. The van der Waals surface area contributed by atoms with E-state index in [2.05, 4.69) is 28.8 Å². The number of nitrogens with zero attached hydrogens (tertiary/aromatic N) is 5. The lowest BCUT2D eigenvalue weighted by molar-refractivity contribution is -0.0507. The van der Waals surface area contributed by atoms with Crippen molar-refractivity contribution in [2.75, 3.05) is 18.9 Å². The standard InChI is InChI=1S/C21H27N7O14P2/c22-18-12-20(26-6-25-18)28(7-27-12)21-16(32)14(30)11(41-21)5-39-44(36,37)42-43(34,35)38-4-10-13(29)15(31)17(40-10)8-1-9(19(23)33)3-24-2-8/h1-3,6-7,10-11,13-17,21,29-32H,4-5H2,(H2,23,33)(H,34,35)(H,36,37)(H2,22,25,26)/t10-,11+,13-,14+,15-,16+,17+,21+/m1/s1. The van der Waals surface area contributed by atoms with Crippen LogP contribution in [0.1, 0.15) is 28.3 Å². The Bertz CT molecular complexity index is 1630. The van der Waals surface area contributed by atoms with Crippen molar-refractivity contribution in [2.24, 2.45) is 5.73 Å². The number of rotatable bonds is 11. The van der Waals surface area contributed by atoms with Gasteiger partial charge >= 0.3 is 15.6 Å². The number of anilines is 1. The fourth-order valence-corrected chi connectivity index (χ4v) is 6.67. The summed E-state index contributed by atoms with van der Waals surface area (Å²) in [6.07, 6.45) is -7.10. The van der Waals surface area contributed by atoms with Crippen LogP contribution >= 0.6 is 15.6 Å². The average molecular weight is 663 g/mol. The van der Waals surface area contributed by atoms with Crippen LogP contribution < -0.4 is 11.5 Å². The number of amides is 1. The van der Waals surface area contributed by atoms with Crippen molar-refractivity contribution in [3.05, 3.63) is 42.2 Å². The van der Waals surface area contributed by atoms with Gasteiger partial charge < -0.3 is 51.2 Å². The van der Waals surface area contributed by atoms with E-state index in [4.69, 9.17) is 25.5 Å². The van der Waals surface area contributed by atoms with E-state index in [0.29, 0.717) is 0 Å². The summed E-state index contributed by atoms with van der Waals surface area (Å²) in [6, 6.07) is 1.27. The van der Waals surface area contributed by atoms with Crippen molar-refractivity contribution in [1.82, 2.24) is 24.5 Å². The molecule has 21 nitrogen and oxygen atoms in total. The van der Waals surface area contributed by atoms with Gasteiger partial charge in [0.25, 0.3) is 0 Å². The number of primary amides is 1. The van der Waals surface area contributed by atoms with E-state index in [-0.39, 0.29) is 28.1 Å². The van der Waals surface area contributed by atoms with E-state index in [1.807, 2.05) is 0 Å². The fraction of sp³-hybridized carbons (Fsp3) is 0.476. The van der Waals surface area contributed by atoms with Crippen molar-refractivity contribution in [2.45, 2.75) is 49.0 Å². The molecule has 5 heterocycles. The maximum atomic E-state index is 12.4. The number of aliphatic hydroxyl groups is 4. The first-order chi connectivity index (χ1) is 20.7. The number of fused-ring (bicyclic) bond motifs is 1. The highest BCUT2D eigenvalue weighted by Crippen LogP contribution is 2.60. The molecule has 0 spiro atoms. The van der Waals surface area contributed by atoms with E-state index in [0.717, 1.165) is 6.33 Å². The number of imidazole rings is 1. The minimum atomic E-state index is -5.37. The highest BCUT2D eigenvalue weighted by molar-refractivity contribution is 7.61. The van der Waals surface area contributed by atoms with Gasteiger partial charge in [-0.25, -0.2) is 24.1 Å². The predicted octanol–water partition coefficient (Wildman–Crippen LogP) is -2.37. The monoisotopic (exact) mass is 663 g/mol. The number of nitrogen functional groups attached to an aromatic ring is 1. The average Bonchev–Trinajstić information content (AvgIpc) is 3.61. The molecule has 0 bridgehead atoms. The topological polar surface area (TPSA) is 327 Å². The molecule has 3 aromatic heterocycles. The molecule has 0 aromatic carbocycles. The van der Waals surface area contributed by atoms with E-state index < -0.39 is 83.7 Å². The number of pyridine rings is 1. The van der Waals surface area contributed by atoms with Crippen LogP contribution in [0.25, 0.3) is 11.2 Å². The van der Waals surface area contributed by atoms with Crippen LogP contribution in [-0.4, -0.2) is 110 Å². The zero-order chi connectivity index (χ0) is 32.0. The first-order valence-corrected chi connectivity index (χ1v) is 15.5. The first kappa shape index (κ1) is 32.4. The Morgan fingerprint density at radius 3 is 2.23 bits per heavy atom. The number of hydrogen-bond donors (Lipinski definition) is 8. The van der Waals surface area contributed by atoms with Crippen molar-refractivity contribution in [1.29, 1.82) is 0 Å². The number of carbonyl (C=O) groups is 1. The molecule has 2 aliphatic rings. The highest BCUT2D eigenvalue weighted by Gasteiger charge is 2.48. The minimum absolute atomic E-state index is 0.00466. The number of aromatic nitrogens is 5. The van der Waals surface area contributed by atoms with Crippen LogP contribution in [-0.2, 0) is 32.0 Å². The molecule has 5 rings (SSSR count). The number of nitrogens with two attached hydrogens (primary N) is 2. The van der Waals surface area contributed by atoms with Crippen LogP contribution in [0.5, 0.6) is 0 Å². The van der Waals surface area contributed by atoms with Crippen LogP contribution in [0.3, 0.4) is 0 Å². The van der Waals surface area contributed by atoms with Gasteiger partial charge in [-0.15, -0.1) is 0 Å². The Balaban J connectivity index is 1.16. The van der Waals surface area contributed by atoms with E-state index >= 15 is 0 Å². The van der Waals surface area contributed by atoms with Crippen LogP contribution in [0, 0.1) is 0 Å². The molecular weight excluding hydrogens is 636 g/mol. The summed E-state index contributed by atoms with van der Waals surface area (Å²) in [5, 5.41) is 41.6. The minimum Gasteiger partial charge on any atom is -0.387 e. The van der Waals surface area contributed by atoms with Crippen LogP contribution in [0.4, 0.5) is 5.82 Å². The van der Waals surface area contributed by atoms with Crippen molar-refractivity contribution >= 4 is 38.5 Å². The lowest BCUT2D eigenvalue weighted by atomic mass is 10.0. The molecule has 44 heavy (non-hydrogen) atoms. The van der Waals surface area contributed by atoms with Crippen LogP contribution in [0.2, 0.25) is 0 Å². The summed E-state index contributed by atoms with van der Waals surface area (Å²) in [4.78, 5) is 47.1. The van der Waals surface area contributed by atoms with Gasteiger partial charge in [-0.1, -0.05) is 0 Å². The van der Waals surface area contributed by atoms with E-state index in [1.54, 1.807) is 0 Å². The molecule has 10 N–H and O–H groups in total. The maximum absolute atomic E-state index is 12.4. The SMILES string of the molecule is NC(=O)c1cncc([C@@H]2O[C@H](COP(=O)(O)OP(=O)(O)OC[C@@H]3O[C@H](n4cnc5c(N)ncnc54)[C@@H](O)[C@H]3O)[C@@H](O)[C@H]2O)c1. The Labute approximate surface area is 246 Å². The third-order valence-electron chi connectivity index (χ3n) is 6.74. The smallest absolute Gasteiger partial charge is 0.387 e. The number of phosphoric acid groups is 2. The largest absolute Gasteiger partial charge is 0.481 e. The molecule has 3 aromatic rings. The van der Waals surface area contributed by atoms with Gasteiger partial charge in [0.2, 0.25) is 5.91 Å². The quantitative estimate of drug-likeness (QED) is 0.0994. The Hall–Kier alpha value is -3.01. The summed E-state index contributed by atoms with van der Waals surface area (Å²) < 4.78 is 50.8. The number of ether oxygens (including phenoxy) is 2. The van der Waals surface area contributed by atoms with Crippen molar-refractivity contribution in [3.63, 3.8) is 0 Å². The molecule has 2 saturated heterocycles. The second-order valence-electron chi connectivity index (χ2n) is 9.69. The Kier molecular flexibility index (Phi) is 9.13. The summed E-state index contributed by atoms with van der Waals surface area (Å²) in [5.74, 6) is -0.758. The molecule has 23 heteroatoms. The Morgan fingerprint density at radius 2 is 1.57 bits per heavy atom. The van der Waals surface area contributed by atoms with Crippen molar-refractivity contribution < 1.29 is 67.0 Å². The van der Waals surface area contributed by atoms with Gasteiger partial charge in [-0.3, -0.25) is 23.4 Å². The number of phosphoric ester groups is 2. The molecule has 0 aliphatic carbocycles. The second kappa shape index (κ2) is 12.4. The highest BCUT2D eigenvalue weighted by atomic mass is 31.3. The van der Waals surface area contributed by atoms with E-state index in [9.17, 15) is 44.1 Å². The third kappa shape index (κ3) is 6.65. The molecule has 1 amide bonds. The zero-order valence-electron chi connectivity index (χ0n) is 22.2. The molecule has 0 saturated carbocycles. The molecule has 0 radical (unpaired) electrons. The molecule has 240 valence electrons. The molecule has 2 aliphatic heterocycles. The first-order valence-electron chi connectivity index (χ1n) is 12.5. The third-order valence-corrected chi connectivity index (χ3v) is 9.35. The van der Waals surface area contributed by atoms with Gasteiger partial charge in [-0.2, -0.15) is 4.31 Å². The summed E-state index contributed by atoms with van der Waals surface area (Å²) in [7, 11) is -10.7. The van der Waals surface area contributed by atoms with Gasteiger partial charge in [0.05, 0.1) is 25.1 Å². The van der Waals surface area contributed by atoms with Gasteiger partial charge in [0, 0.05) is 18.0 Å². The molecular formula is C21H27N7O14P2. The van der Waals surface area contributed by atoms with Crippen molar-refractivity contribution in [3.8, 4) is 0 Å². The van der Waals surface area contributed by atoms with Gasteiger partial charge in [0.1, 0.15) is 54.6 Å². The predicted molar refractivity (Wildman–Crippen MR) is 141 cm³/mol. The number of aliphatic hydroxyl groups excluding tert-OH is 4. The maximum Gasteiger partial charge on any atom is 0.481 e. The summed E-state index contributed by atoms with van der Waals surface area (Å²) >= 11 is 0. The Morgan fingerprint density at radius 1 is 0.932 bits per heavy atom. The van der Waals surface area contributed by atoms with Gasteiger partial charge in [-0.05, 0) is 6.07 Å². The van der Waals surface area contributed by atoms with Crippen LogP contribution in [0.15, 0.2) is 31.1 Å². The lowest BCUT2D eigenvalue weighted by Crippen LogP contribution is -2.33. The number of hydrogen-bond acceptors (Lipinski definition) is 17. The lowest BCUT2D eigenvalue weighted by Gasteiger charge is -2.20. The molecule has 10 atom stereocenters. The molecule has 2 unspecified atom stereocenters. The van der Waals surface area contributed by atoms with E-state index in [1.165, 1.54) is 29.4 Å². The summed E-state index contributed by atoms with van der Waals surface area (Å²) in [5.41, 5.74) is 11.5. The van der Waals surface area contributed by atoms with Gasteiger partial charge in [0.15, 0.2) is 17.7 Å².